The fourth-order valence-electron chi connectivity index (χ4n) is 1.64. The van der Waals surface area contributed by atoms with E-state index in [9.17, 15) is 18.0 Å². The van der Waals surface area contributed by atoms with E-state index in [0.29, 0.717) is 5.82 Å². The van der Waals surface area contributed by atoms with Gasteiger partial charge in [0.25, 0.3) is 10.0 Å². The predicted molar refractivity (Wildman–Crippen MR) is 59.8 cm³/mol. The molecule has 1 unspecified atom stereocenters. The first-order chi connectivity index (χ1) is 8.32. The molecule has 2 heterocycles. The smallest absolute Gasteiger partial charge is 0.261 e. The lowest BCUT2D eigenvalue weighted by molar-refractivity contribution is -0.136. The molecule has 2 rings (SSSR count). The molecule has 1 fully saturated rings. The van der Waals surface area contributed by atoms with Crippen LogP contribution in [0.5, 0.6) is 0 Å². The van der Waals surface area contributed by atoms with E-state index in [2.05, 4.69) is 15.3 Å². The Morgan fingerprint density at radius 1 is 1.44 bits per heavy atom. The second-order valence-electron chi connectivity index (χ2n) is 3.97. The van der Waals surface area contributed by atoms with Gasteiger partial charge in [0.15, 0.2) is 5.03 Å². The number of carbonyl (C=O) groups excluding carboxylic acids is 2. The van der Waals surface area contributed by atoms with Crippen molar-refractivity contribution in [3.8, 4) is 0 Å². The molecule has 0 saturated carbocycles. The first kappa shape index (κ1) is 12.7. The van der Waals surface area contributed by atoms with Gasteiger partial charge >= 0.3 is 0 Å². The molecule has 0 bridgehead atoms. The molecule has 98 valence electrons. The summed E-state index contributed by atoms with van der Waals surface area (Å²) in [6.45, 7) is 2.65. The zero-order valence-electron chi connectivity index (χ0n) is 9.80. The van der Waals surface area contributed by atoms with Crippen LogP contribution in [0.4, 0.5) is 0 Å². The third-order valence-electron chi connectivity index (χ3n) is 2.64. The third-order valence-corrected chi connectivity index (χ3v) is 4.47. The molecule has 1 atom stereocenters. The lowest BCUT2D eigenvalue weighted by Gasteiger charge is -2.29. The van der Waals surface area contributed by atoms with Gasteiger partial charge in [0, 0.05) is 0 Å². The molecule has 1 aromatic rings. The van der Waals surface area contributed by atoms with Crippen LogP contribution in [-0.4, -0.2) is 47.1 Å². The van der Waals surface area contributed by atoms with Gasteiger partial charge < -0.3 is 4.98 Å². The minimum atomic E-state index is -3.92. The molecule has 8 nitrogen and oxygen atoms in total. The molecule has 0 aliphatic carbocycles. The highest BCUT2D eigenvalue weighted by atomic mass is 32.2. The van der Waals surface area contributed by atoms with Crippen LogP contribution in [0.15, 0.2) is 11.2 Å². The third kappa shape index (κ3) is 2.02. The highest BCUT2D eigenvalue weighted by Gasteiger charge is 2.39. The van der Waals surface area contributed by atoms with E-state index in [0.717, 1.165) is 10.5 Å². The van der Waals surface area contributed by atoms with Gasteiger partial charge in [-0.05, 0) is 13.8 Å². The summed E-state index contributed by atoms with van der Waals surface area (Å²) < 4.78 is 25.3. The number of hydrogen-bond acceptors (Lipinski definition) is 5. The Morgan fingerprint density at radius 2 is 2.11 bits per heavy atom. The predicted octanol–water partition coefficient (Wildman–Crippen LogP) is -1.25. The van der Waals surface area contributed by atoms with Gasteiger partial charge in [-0.25, -0.2) is 13.4 Å². The average Bonchev–Trinajstić information content (AvgIpc) is 2.70. The molecule has 1 aromatic heterocycles. The zero-order chi connectivity index (χ0) is 13.5. The summed E-state index contributed by atoms with van der Waals surface area (Å²) in [7, 11) is -3.92. The summed E-state index contributed by atoms with van der Waals surface area (Å²) in [5.74, 6) is -0.835. The van der Waals surface area contributed by atoms with Crippen LogP contribution in [0, 0.1) is 6.92 Å². The Balaban J connectivity index is 2.40. The van der Waals surface area contributed by atoms with E-state index in [4.69, 9.17) is 0 Å². The summed E-state index contributed by atoms with van der Waals surface area (Å²) in [6, 6.07) is -0.934. The van der Waals surface area contributed by atoms with Gasteiger partial charge in [-0.3, -0.25) is 14.9 Å². The van der Waals surface area contributed by atoms with E-state index in [1.165, 1.54) is 6.92 Å². The van der Waals surface area contributed by atoms with Crippen molar-refractivity contribution < 1.29 is 18.0 Å². The number of rotatable bonds is 2. The van der Waals surface area contributed by atoms with Crippen molar-refractivity contribution in [1.82, 2.24) is 19.6 Å². The Kier molecular flexibility index (Phi) is 2.95. The second kappa shape index (κ2) is 4.18. The number of hydrogen-bond donors (Lipinski definition) is 2. The van der Waals surface area contributed by atoms with Crippen molar-refractivity contribution in [2.45, 2.75) is 24.9 Å². The van der Waals surface area contributed by atoms with Crippen LogP contribution in [0.25, 0.3) is 0 Å². The number of nitrogens with one attached hydrogen (secondary N) is 2. The fraction of sp³-hybridized carbons (Fsp3) is 0.444. The highest BCUT2D eigenvalue weighted by Crippen LogP contribution is 2.18. The highest BCUT2D eigenvalue weighted by molar-refractivity contribution is 7.89. The molecule has 0 spiro atoms. The number of aromatic amines is 1. The van der Waals surface area contributed by atoms with Crippen LogP contribution >= 0.6 is 0 Å². The maximum absolute atomic E-state index is 12.2. The summed E-state index contributed by atoms with van der Waals surface area (Å²) in [5.41, 5.74) is 0. The maximum Gasteiger partial charge on any atom is 0.261 e. The van der Waals surface area contributed by atoms with E-state index in [-0.39, 0.29) is 11.6 Å². The monoisotopic (exact) mass is 272 g/mol. The average molecular weight is 272 g/mol. The quantitative estimate of drug-likeness (QED) is 0.653. The number of imidazole rings is 1. The van der Waals surface area contributed by atoms with Gasteiger partial charge in [0.05, 0.1) is 12.7 Å². The van der Waals surface area contributed by atoms with Gasteiger partial charge in [-0.15, -0.1) is 0 Å². The lowest BCUT2D eigenvalue weighted by atomic mass is 10.2. The van der Waals surface area contributed by atoms with Gasteiger partial charge in [0.2, 0.25) is 11.8 Å². The number of carbonyl (C=O) groups is 2. The summed E-state index contributed by atoms with van der Waals surface area (Å²) in [6.07, 6.45) is 1.16. The fourth-order valence-corrected chi connectivity index (χ4v) is 3.15. The van der Waals surface area contributed by atoms with Crippen LogP contribution in [0.1, 0.15) is 12.7 Å². The molecule has 0 aromatic carbocycles. The molecular weight excluding hydrogens is 260 g/mol. The SMILES string of the molecule is Cc1ncc(S(=O)(=O)N2CC(=O)NC(=O)C2C)[nH]1. The van der Waals surface area contributed by atoms with Crippen molar-refractivity contribution in [3.63, 3.8) is 0 Å². The summed E-state index contributed by atoms with van der Waals surface area (Å²) in [5, 5.41) is 1.95. The van der Waals surface area contributed by atoms with E-state index in [1.54, 1.807) is 6.92 Å². The van der Waals surface area contributed by atoms with Gasteiger partial charge in [-0.1, -0.05) is 0 Å². The standard InChI is InChI=1S/C9H12N4O4S/c1-5-9(15)12-7(14)4-13(5)18(16,17)8-3-10-6(2)11-8/h3,5H,4H2,1-2H3,(H,10,11)(H,12,14,15). The zero-order valence-corrected chi connectivity index (χ0v) is 10.6. The Morgan fingerprint density at radius 3 is 2.67 bits per heavy atom. The van der Waals surface area contributed by atoms with Crippen molar-refractivity contribution in [3.05, 3.63) is 12.0 Å². The largest absolute Gasteiger partial charge is 0.332 e. The van der Waals surface area contributed by atoms with Crippen molar-refractivity contribution in [2.24, 2.45) is 0 Å². The molecule has 1 aliphatic heterocycles. The minimum Gasteiger partial charge on any atom is -0.332 e. The van der Waals surface area contributed by atoms with Crippen LogP contribution in [0.3, 0.4) is 0 Å². The van der Waals surface area contributed by atoms with E-state index >= 15 is 0 Å². The molecule has 1 aliphatic rings. The Bertz CT molecular complexity index is 606. The number of amides is 2. The van der Waals surface area contributed by atoms with Gasteiger partial charge in [-0.2, -0.15) is 4.31 Å². The van der Waals surface area contributed by atoms with Crippen molar-refractivity contribution >= 4 is 21.8 Å². The molecule has 18 heavy (non-hydrogen) atoms. The summed E-state index contributed by atoms with van der Waals surface area (Å²) >= 11 is 0. The maximum atomic E-state index is 12.2. The topological polar surface area (TPSA) is 112 Å². The van der Waals surface area contributed by atoms with Crippen LogP contribution < -0.4 is 5.32 Å². The number of nitrogens with zero attached hydrogens (tertiary/aromatic N) is 2. The summed E-state index contributed by atoms with van der Waals surface area (Å²) in [4.78, 5) is 29.1. The first-order valence-electron chi connectivity index (χ1n) is 5.19. The van der Waals surface area contributed by atoms with Crippen molar-refractivity contribution in [2.75, 3.05) is 6.54 Å². The number of sulfonamides is 1. The number of imide groups is 1. The second-order valence-corrected chi connectivity index (χ2v) is 5.83. The number of aryl methyl sites for hydroxylation is 1. The molecular formula is C9H12N4O4S. The van der Waals surface area contributed by atoms with Crippen molar-refractivity contribution in [1.29, 1.82) is 0 Å². The van der Waals surface area contributed by atoms with Crippen LogP contribution in [-0.2, 0) is 19.6 Å². The normalized spacial score (nSPS) is 22.0. The molecule has 0 radical (unpaired) electrons. The van der Waals surface area contributed by atoms with E-state index < -0.39 is 27.9 Å². The molecule has 2 amide bonds. The number of piperazine rings is 1. The molecule has 9 heteroatoms. The first-order valence-corrected chi connectivity index (χ1v) is 6.63. The number of aromatic nitrogens is 2. The molecule has 1 saturated heterocycles. The van der Waals surface area contributed by atoms with Gasteiger partial charge in [0.1, 0.15) is 11.9 Å². The Hall–Kier alpha value is -1.74. The molecule has 2 N–H and O–H groups in total. The Labute approximate surface area is 103 Å². The van der Waals surface area contributed by atoms with E-state index in [1.807, 2.05) is 0 Å². The number of H-pyrrole nitrogens is 1. The lowest BCUT2D eigenvalue weighted by Crippen LogP contribution is -2.58. The van der Waals surface area contributed by atoms with Crippen LogP contribution in [0.2, 0.25) is 0 Å². The minimum absolute atomic E-state index is 0.130.